The topological polar surface area (TPSA) is 51.8 Å². The summed E-state index contributed by atoms with van der Waals surface area (Å²) in [7, 11) is 0. The first kappa shape index (κ1) is 10.1. The Bertz CT molecular complexity index is 507. The molecule has 0 atom stereocenters. The number of pyridine rings is 1. The van der Waals surface area contributed by atoms with Gasteiger partial charge in [-0.3, -0.25) is 0 Å². The Kier molecular flexibility index (Phi) is 2.44. The van der Waals surface area contributed by atoms with Crippen LogP contribution in [0, 0.1) is 20.8 Å². The molecule has 0 saturated heterocycles. The Labute approximate surface area is 92.3 Å². The first-order chi connectivity index (χ1) is 7.08. The Balaban J connectivity index is 2.58. The molecular formula is C10H10ClN3O. The molecule has 5 heteroatoms. The van der Waals surface area contributed by atoms with Crippen LogP contribution in [0.2, 0.25) is 5.15 Å². The number of hydrogen-bond donors (Lipinski definition) is 0. The van der Waals surface area contributed by atoms with Crippen molar-refractivity contribution in [2.24, 2.45) is 0 Å². The highest BCUT2D eigenvalue weighted by atomic mass is 35.5. The number of aromatic nitrogens is 3. The molecule has 2 aromatic rings. The van der Waals surface area contributed by atoms with Gasteiger partial charge in [0.1, 0.15) is 5.15 Å². The minimum Gasteiger partial charge on any atom is -0.334 e. The quantitative estimate of drug-likeness (QED) is 0.698. The molecule has 4 nitrogen and oxygen atoms in total. The summed E-state index contributed by atoms with van der Waals surface area (Å²) in [5.74, 6) is 0.993. The van der Waals surface area contributed by atoms with Crippen molar-refractivity contribution < 1.29 is 4.52 Å². The summed E-state index contributed by atoms with van der Waals surface area (Å²) in [5.41, 5.74) is 2.63. The number of halogens is 1. The van der Waals surface area contributed by atoms with Crippen molar-refractivity contribution in [2.75, 3.05) is 0 Å². The van der Waals surface area contributed by atoms with Gasteiger partial charge in [0, 0.05) is 5.69 Å². The van der Waals surface area contributed by atoms with Gasteiger partial charge in [-0.1, -0.05) is 16.8 Å². The van der Waals surface area contributed by atoms with Gasteiger partial charge in [-0.2, -0.15) is 4.98 Å². The lowest BCUT2D eigenvalue weighted by atomic mass is 10.1. The summed E-state index contributed by atoms with van der Waals surface area (Å²) in [6.07, 6.45) is 0. The van der Waals surface area contributed by atoms with Crippen molar-refractivity contribution >= 4 is 11.6 Å². The predicted molar refractivity (Wildman–Crippen MR) is 56.8 cm³/mol. The molecule has 0 saturated carbocycles. The minimum absolute atomic E-state index is 0.391. The lowest BCUT2D eigenvalue weighted by Crippen LogP contribution is -1.91. The minimum atomic E-state index is 0.391. The first-order valence-electron chi connectivity index (χ1n) is 4.52. The van der Waals surface area contributed by atoms with Crippen LogP contribution >= 0.6 is 11.6 Å². The van der Waals surface area contributed by atoms with E-state index in [2.05, 4.69) is 15.1 Å². The fraction of sp³-hybridized carbons (Fsp3) is 0.300. The molecule has 0 N–H and O–H groups in total. The number of rotatable bonds is 1. The second kappa shape index (κ2) is 3.62. The lowest BCUT2D eigenvalue weighted by molar-refractivity contribution is 0.425. The van der Waals surface area contributed by atoms with E-state index in [0.717, 1.165) is 11.3 Å². The third kappa shape index (κ3) is 1.85. The molecule has 0 aliphatic heterocycles. The lowest BCUT2D eigenvalue weighted by Gasteiger charge is -2.02. The van der Waals surface area contributed by atoms with Gasteiger partial charge in [-0.05, 0) is 32.4 Å². The SMILES string of the molecule is Cc1noc(-c2cc(C)c(C)nc2Cl)n1. The third-order valence-corrected chi connectivity index (χ3v) is 2.47. The Morgan fingerprint density at radius 2 is 1.93 bits per heavy atom. The first-order valence-corrected chi connectivity index (χ1v) is 4.90. The largest absolute Gasteiger partial charge is 0.334 e. The second-order valence-electron chi connectivity index (χ2n) is 3.38. The summed E-state index contributed by atoms with van der Waals surface area (Å²) in [6, 6.07) is 1.90. The van der Waals surface area contributed by atoms with Gasteiger partial charge >= 0.3 is 0 Å². The maximum absolute atomic E-state index is 6.01. The fourth-order valence-electron chi connectivity index (χ4n) is 1.23. The average Bonchev–Trinajstić information content (AvgIpc) is 2.58. The highest BCUT2D eigenvalue weighted by Gasteiger charge is 2.13. The summed E-state index contributed by atoms with van der Waals surface area (Å²) in [6.45, 7) is 5.63. The van der Waals surface area contributed by atoms with E-state index in [-0.39, 0.29) is 0 Å². The average molecular weight is 224 g/mol. The normalized spacial score (nSPS) is 10.7. The zero-order chi connectivity index (χ0) is 11.0. The molecule has 0 aliphatic carbocycles. The van der Waals surface area contributed by atoms with E-state index in [1.165, 1.54) is 0 Å². The maximum Gasteiger partial charge on any atom is 0.261 e. The number of hydrogen-bond acceptors (Lipinski definition) is 4. The van der Waals surface area contributed by atoms with Crippen LogP contribution in [0.5, 0.6) is 0 Å². The molecule has 15 heavy (non-hydrogen) atoms. The van der Waals surface area contributed by atoms with E-state index >= 15 is 0 Å². The van der Waals surface area contributed by atoms with Crippen LogP contribution in [0.15, 0.2) is 10.6 Å². The van der Waals surface area contributed by atoms with Gasteiger partial charge in [0.05, 0.1) is 5.56 Å². The molecule has 2 rings (SSSR count). The van der Waals surface area contributed by atoms with Crippen molar-refractivity contribution in [1.29, 1.82) is 0 Å². The maximum atomic E-state index is 6.01. The van der Waals surface area contributed by atoms with Crippen molar-refractivity contribution in [1.82, 2.24) is 15.1 Å². The van der Waals surface area contributed by atoms with Gasteiger partial charge in [-0.15, -0.1) is 0 Å². The van der Waals surface area contributed by atoms with Crippen molar-refractivity contribution in [3.05, 3.63) is 28.3 Å². The molecular weight excluding hydrogens is 214 g/mol. The van der Waals surface area contributed by atoms with Gasteiger partial charge in [0.15, 0.2) is 5.82 Å². The molecule has 0 spiro atoms. The summed E-state index contributed by atoms with van der Waals surface area (Å²) in [4.78, 5) is 8.31. The van der Waals surface area contributed by atoms with Gasteiger partial charge in [0.2, 0.25) is 0 Å². The van der Waals surface area contributed by atoms with Crippen LogP contribution in [-0.4, -0.2) is 15.1 Å². The summed E-state index contributed by atoms with van der Waals surface area (Å²) < 4.78 is 5.04. The van der Waals surface area contributed by atoms with E-state index in [9.17, 15) is 0 Å². The Morgan fingerprint density at radius 1 is 1.20 bits per heavy atom. The zero-order valence-corrected chi connectivity index (χ0v) is 9.46. The van der Waals surface area contributed by atoms with Gasteiger partial charge in [0.25, 0.3) is 5.89 Å². The molecule has 78 valence electrons. The smallest absolute Gasteiger partial charge is 0.261 e. The molecule has 0 radical (unpaired) electrons. The van der Waals surface area contributed by atoms with Crippen molar-refractivity contribution in [3.63, 3.8) is 0 Å². The van der Waals surface area contributed by atoms with E-state index in [1.807, 2.05) is 19.9 Å². The van der Waals surface area contributed by atoms with Crippen LogP contribution < -0.4 is 0 Å². The molecule has 0 aromatic carbocycles. The standard InChI is InChI=1S/C10H10ClN3O/c1-5-4-8(9(11)12-6(5)2)10-13-7(3)14-15-10/h4H,1-3H3. The Hall–Kier alpha value is -1.42. The van der Waals surface area contributed by atoms with Crippen LogP contribution in [0.1, 0.15) is 17.1 Å². The molecule has 0 bridgehead atoms. The van der Waals surface area contributed by atoms with E-state index in [1.54, 1.807) is 6.92 Å². The fourth-order valence-corrected chi connectivity index (χ4v) is 1.49. The monoisotopic (exact) mass is 223 g/mol. The van der Waals surface area contributed by atoms with E-state index in [0.29, 0.717) is 22.4 Å². The van der Waals surface area contributed by atoms with E-state index < -0.39 is 0 Å². The Morgan fingerprint density at radius 3 is 2.53 bits per heavy atom. The molecule has 0 unspecified atom stereocenters. The highest BCUT2D eigenvalue weighted by Crippen LogP contribution is 2.26. The molecule has 2 aromatic heterocycles. The van der Waals surface area contributed by atoms with E-state index in [4.69, 9.17) is 16.1 Å². The second-order valence-corrected chi connectivity index (χ2v) is 3.73. The summed E-state index contributed by atoms with van der Waals surface area (Å²) >= 11 is 6.01. The van der Waals surface area contributed by atoms with Crippen molar-refractivity contribution in [2.45, 2.75) is 20.8 Å². The van der Waals surface area contributed by atoms with Crippen LogP contribution in [0.3, 0.4) is 0 Å². The van der Waals surface area contributed by atoms with Gasteiger partial charge in [-0.25, -0.2) is 4.98 Å². The molecule has 0 aliphatic rings. The third-order valence-electron chi connectivity index (χ3n) is 2.18. The molecule has 0 fully saturated rings. The van der Waals surface area contributed by atoms with Crippen molar-refractivity contribution in [3.8, 4) is 11.5 Å². The number of aryl methyl sites for hydroxylation is 3. The van der Waals surface area contributed by atoms with Crippen LogP contribution in [-0.2, 0) is 0 Å². The zero-order valence-electron chi connectivity index (χ0n) is 8.71. The van der Waals surface area contributed by atoms with Crippen LogP contribution in [0.4, 0.5) is 0 Å². The summed E-state index contributed by atoms with van der Waals surface area (Å²) in [5, 5.41) is 4.10. The van der Waals surface area contributed by atoms with Gasteiger partial charge < -0.3 is 4.52 Å². The predicted octanol–water partition coefficient (Wildman–Crippen LogP) is 2.71. The van der Waals surface area contributed by atoms with Crippen LogP contribution in [0.25, 0.3) is 11.5 Å². The highest BCUT2D eigenvalue weighted by molar-refractivity contribution is 6.31. The molecule has 0 amide bonds. The molecule has 2 heterocycles. The number of nitrogens with zero attached hydrogens (tertiary/aromatic N) is 3.